The molecule has 0 radical (unpaired) electrons. The summed E-state index contributed by atoms with van der Waals surface area (Å²) in [4.78, 5) is 20.5. The monoisotopic (exact) mass is 271 g/mol. The van der Waals surface area contributed by atoms with Gasteiger partial charge in [-0.2, -0.15) is 0 Å². The number of carboxylic acids is 1. The zero-order chi connectivity index (χ0) is 14.1. The quantitative estimate of drug-likeness (QED) is 0.871. The number of aliphatic carboxylic acids is 1. The normalized spacial score (nSPS) is 22.2. The Morgan fingerprint density at radius 2 is 2.25 bits per heavy atom. The third kappa shape index (κ3) is 1.99. The Bertz CT molecular complexity index is 675. The number of nitrogens with zero attached hydrogens (tertiary/aromatic N) is 3. The van der Waals surface area contributed by atoms with E-state index in [4.69, 9.17) is 0 Å². The van der Waals surface area contributed by atoms with Crippen molar-refractivity contribution in [1.29, 1.82) is 0 Å². The molecular formula is C15H17N3O2. The maximum absolute atomic E-state index is 11.5. The molecule has 0 aromatic carbocycles. The Balaban J connectivity index is 2.13. The number of hydrogen-bond acceptors (Lipinski definition) is 3. The summed E-state index contributed by atoms with van der Waals surface area (Å²) < 4.78 is 2.04. The number of carbonyl (C=O) groups is 1. The Kier molecular flexibility index (Phi) is 3.26. The minimum absolute atomic E-state index is 0.0772. The van der Waals surface area contributed by atoms with Crippen molar-refractivity contribution in [3.05, 3.63) is 36.3 Å². The third-order valence-electron chi connectivity index (χ3n) is 3.93. The molecule has 104 valence electrons. The summed E-state index contributed by atoms with van der Waals surface area (Å²) in [6.45, 7) is 2.78. The van der Waals surface area contributed by atoms with Gasteiger partial charge in [-0.15, -0.1) is 0 Å². The van der Waals surface area contributed by atoms with Crippen molar-refractivity contribution >= 4 is 17.1 Å². The largest absolute Gasteiger partial charge is 0.481 e. The van der Waals surface area contributed by atoms with Crippen LogP contribution in [0, 0.1) is 5.92 Å². The van der Waals surface area contributed by atoms with E-state index in [0.29, 0.717) is 6.42 Å². The molecule has 5 nitrogen and oxygen atoms in total. The number of pyridine rings is 1. The number of carboxylic acid groups (broad SMARTS) is 1. The van der Waals surface area contributed by atoms with E-state index in [2.05, 4.69) is 16.0 Å². The van der Waals surface area contributed by atoms with E-state index >= 15 is 0 Å². The van der Waals surface area contributed by atoms with Crippen LogP contribution in [-0.2, 0) is 11.3 Å². The lowest BCUT2D eigenvalue weighted by Gasteiger charge is -2.25. The van der Waals surface area contributed by atoms with Gasteiger partial charge in [0.2, 0.25) is 0 Å². The number of aryl methyl sites for hydroxylation is 1. The first kappa shape index (κ1) is 12.8. The van der Waals surface area contributed by atoms with E-state index in [1.165, 1.54) is 0 Å². The molecule has 0 bridgehead atoms. The first-order valence-corrected chi connectivity index (χ1v) is 6.91. The molecule has 5 heteroatoms. The summed E-state index contributed by atoms with van der Waals surface area (Å²) in [6.07, 6.45) is 7.04. The molecule has 20 heavy (non-hydrogen) atoms. The summed E-state index contributed by atoms with van der Waals surface area (Å²) in [6, 6.07) is 3.78. The fourth-order valence-corrected chi connectivity index (χ4v) is 2.94. The molecule has 2 heterocycles. The van der Waals surface area contributed by atoms with Crippen LogP contribution in [0.4, 0.5) is 0 Å². The highest BCUT2D eigenvalue weighted by molar-refractivity contribution is 5.74. The molecule has 0 unspecified atom stereocenters. The number of hydrogen-bond donors (Lipinski definition) is 1. The van der Waals surface area contributed by atoms with Gasteiger partial charge in [0.05, 0.1) is 5.92 Å². The molecule has 0 spiro atoms. The van der Waals surface area contributed by atoms with Crippen LogP contribution in [0.25, 0.3) is 11.2 Å². The molecular weight excluding hydrogens is 254 g/mol. The molecule has 0 fully saturated rings. The highest BCUT2D eigenvalue weighted by Gasteiger charge is 2.33. The molecule has 0 saturated carbocycles. The Hall–Kier alpha value is -2.17. The van der Waals surface area contributed by atoms with Crippen LogP contribution in [0.3, 0.4) is 0 Å². The lowest BCUT2D eigenvalue weighted by Crippen LogP contribution is -2.26. The highest BCUT2D eigenvalue weighted by atomic mass is 16.4. The van der Waals surface area contributed by atoms with Crippen LogP contribution in [-0.4, -0.2) is 25.6 Å². The Morgan fingerprint density at radius 3 is 3.00 bits per heavy atom. The standard InChI is InChI=1S/C15H17N3O2/c1-2-18-13(17-12-8-5-9-16-14(12)18)10-6-3-4-7-11(10)15(19)20/h3-5,8-11H,2,6-7H2,1H3,(H,19,20)/t10-,11+/m1/s1. The van der Waals surface area contributed by atoms with Gasteiger partial charge in [-0.05, 0) is 31.9 Å². The van der Waals surface area contributed by atoms with Crippen LogP contribution in [0.15, 0.2) is 30.5 Å². The second kappa shape index (κ2) is 5.07. The molecule has 2 aromatic heterocycles. The molecule has 2 aromatic rings. The highest BCUT2D eigenvalue weighted by Crippen LogP contribution is 2.35. The van der Waals surface area contributed by atoms with Gasteiger partial charge in [0.15, 0.2) is 5.65 Å². The Labute approximate surface area is 117 Å². The fourth-order valence-electron chi connectivity index (χ4n) is 2.94. The van der Waals surface area contributed by atoms with Crippen LogP contribution in [0.1, 0.15) is 31.5 Å². The van der Waals surface area contributed by atoms with E-state index < -0.39 is 11.9 Å². The van der Waals surface area contributed by atoms with Crippen molar-refractivity contribution in [2.45, 2.75) is 32.2 Å². The number of allylic oxidation sites excluding steroid dienone is 2. The fraction of sp³-hybridized carbons (Fsp3) is 0.400. The summed E-state index contributed by atoms with van der Waals surface area (Å²) in [5, 5.41) is 9.42. The number of aromatic nitrogens is 3. The van der Waals surface area contributed by atoms with Gasteiger partial charge < -0.3 is 9.67 Å². The van der Waals surface area contributed by atoms with E-state index in [-0.39, 0.29) is 5.92 Å². The molecule has 3 rings (SSSR count). The van der Waals surface area contributed by atoms with Gasteiger partial charge in [0.1, 0.15) is 11.3 Å². The van der Waals surface area contributed by atoms with E-state index in [1.807, 2.05) is 29.7 Å². The van der Waals surface area contributed by atoms with Crippen LogP contribution in [0.5, 0.6) is 0 Å². The van der Waals surface area contributed by atoms with Crippen LogP contribution < -0.4 is 0 Å². The minimum atomic E-state index is -0.748. The number of fused-ring (bicyclic) bond motifs is 1. The topological polar surface area (TPSA) is 68.0 Å². The maximum atomic E-state index is 11.5. The molecule has 0 saturated heterocycles. The Morgan fingerprint density at radius 1 is 1.45 bits per heavy atom. The van der Waals surface area contributed by atoms with Gasteiger partial charge in [0, 0.05) is 18.7 Å². The second-order valence-electron chi connectivity index (χ2n) is 5.05. The van der Waals surface area contributed by atoms with Gasteiger partial charge in [-0.1, -0.05) is 12.2 Å². The van der Waals surface area contributed by atoms with Gasteiger partial charge in [0.25, 0.3) is 0 Å². The summed E-state index contributed by atoms with van der Waals surface area (Å²) in [5.41, 5.74) is 1.67. The molecule has 2 atom stereocenters. The predicted octanol–water partition coefficient (Wildman–Crippen LogP) is 2.59. The van der Waals surface area contributed by atoms with Gasteiger partial charge in [-0.25, -0.2) is 9.97 Å². The van der Waals surface area contributed by atoms with Gasteiger partial charge in [-0.3, -0.25) is 4.79 Å². The number of imidazole rings is 1. The second-order valence-corrected chi connectivity index (χ2v) is 5.05. The van der Waals surface area contributed by atoms with Crippen molar-refractivity contribution in [2.24, 2.45) is 5.92 Å². The van der Waals surface area contributed by atoms with Crippen LogP contribution >= 0.6 is 0 Å². The van der Waals surface area contributed by atoms with Crippen molar-refractivity contribution < 1.29 is 9.90 Å². The third-order valence-corrected chi connectivity index (χ3v) is 3.93. The average Bonchev–Trinajstić information content (AvgIpc) is 2.85. The summed E-state index contributed by atoms with van der Waals surface area (Å²) in [7, 11) is 0. The zero-order valence-corrected chi connectivity index (χ0v) is 11.4. The van der Waals surface area contributed by atoms with Crippen molar-refractivity contribution in [3.63, 3.8) is 0 Å². The maximum Gasteiger partial charge on any atom is 0.307 e. The zero-order valence-electron chi connectivity index (χ0n) is 11.4. The summed E-state index contributed by atoms with van der Waals surface area (Å²) >= 11 is 0. The smallest absolute Gasteiger partial charge is 0.307 e. The van der Waals surface area contributed by atoms with E-state index in [9.17, 15) is 9.90 Å². The van der Waals surface area contributed by atoms with Crippen molar-refractivity contribution in [2.75, 3.05) is 0 Å². The predicted molar refractivity (Wildman–Crippen MR) is 75.4 cm³/mol. The average molecular weight is 271 g/mol. The first-order valence-electron chi connectivity index (χ1n) is 6.91. The lowest BCUT2D eigenvalue weighted by atomic mass is 9.82. The van der Waals surface area contributed by atoms with Crippen LogP contribution in [0.2, 0.25) is 0 Å². The molecule has 1 aliphatic carbocycles. The number of rotatable bonds is 3. The SMILES string of the molecule is CCn1c([C@@H]2CC=CC[C@@H]2C(=O)O)nc2cccnc21. The van der Waals surface area contributed by atoms with E-state index in [0.717, 1.165) is 30.0 Å². The molecule has 0 amide bonds. The molecule has 1 aliphatic rings. The summed E-state index contributed by atoms with van der Waals surface area (Å²) in [5.74, 6) is -0.381. The first-order chi connectivity index (χ1) is 9.72. The minimum Gasteiger partial charge on any atom is -0.481 e. The van der Waals surface area contributed by atoms with Gasteiger partial charge >= 0.3 is 5.97 Å². The van der Waals surface area contributed by atoms with E-state index in [1.54, 1.807) is 6.20 Å². The van der Waals surface area contributed by atoms with Crippen molar-refractivity contribution in [3.8, 4) is 0 Å². The van der Waals surface area contributed by atoms with Crippen molar-refractivity contribution in [1.82, 2.24) is 14.5 Å². The molecule has 1 N–H and O–H groups in total. The lowest BCUT2D eigenvalue weighted by molar-refractivity contribution is -0.142. The molecule has 0 aliphatic heterocycles.